The summed E-state index contributed by atoms with van der Waals surface area (Å²) in [5, 5.41) is 6.13. The minimum Gasteiger partial charge on any atom is -0.308 e. The van der Waals surface area contributed by atoms with E-state index in [0.717, 1.165) is 12.5 Å². The third kappa shape index (κ3) is 3.90. The topological polar surface area (TPSA) is 15.3 Å². The molecule has 21 heavy (non-hydrogen) atoms. The van der Waals surface area contributed by atoms with Gasteiger partial charge in [0.25, 0.3) is 0 Å². The van der Waals surface area contributed by atoms with Gasteiger partial charge in [0.05, 0.1) is 0 Å². The molecule has 1 saturated heterocycles. The van der Waals surface area contributed by atoms with Crippen LogP contribution < -0.4 is 5.32 Å². The van der Waals surface area contributed by atoms with Crippen LogP contribution in [0.25, 0.3) is 0 Å². The number of thiophene rings is 1. The van der Waals surface area contributed by atoms with E-state index in [-0.39, 0.29) is 0 Å². The highest BCUT2D eigenvalue weighted by Gasteiger charge is 2.41. The maximum atomic E-state index is 3.92. The quantitative estimate of drug-likeness (QED) is 0.829. The molecular formula is C17H27BrN2S. The third-order valence-corrected chi connectivity index (χ3v) is 6.70. The van der Waals surface area contributed by atoms with Crippen LogP contribution in [0.3, 0.4) is 0 Å². The molecule has 1 saturated carbocycles. The largest absolute Gasteiger partial charge is 0.308 e. The monoisotopic (exact) mass is 370 g/mol. The molecule has 0 amide bonds. The Kier molecular flexibility index (Phi) is 5.09. The number of nitrogens with zero attached hydrogens (tertiary/aromatic N) is 1. The summed E-state index contributed by atoms with van der Waals surface area (Å²) in [4.78, 5) is 4.26. The molecule has 2 aliphatic rings. The Morgan fingerprint density at radius 1 is 1.43 bits per heavy atom. The summed E-state index contributed by atoms with van der Waals surface area (Å²) in [7, 11) is 0. The van der Waals surface area contributed by atoms with Gasteiger partial charge in [0.15, 0.2) is 0 Å². The Labute approximate surface area is 141 Å². The Bertz CT molecular complexity index is 465. The van der Waals surface area contributed by atoms with E-state index < -0.39 is 0 Å². The van der Waals surface area contributed by atoms with Crippen LogP contribution in [0.15, 0.2) is 15.9 Å². The van der Waals surface area contributed by atoms with Crippen LogP contribution >= 0.6 is 27.3 Å². The second kappa shape index (κ2) is 6.69. The molecule has 0 aromatic carbocycles. The fraction of sp³-hybridized carbons (Fsp3) is 0.765. The van der Waals surface area contributed by atoms with Crippen LogP contribution in [-0.2, 0) is 6.54 Å². The molecule has 1 spiro atoms. The molecule has 1 aromatic rings. The maximum Gasteiger partial charge on any atom is 0.0332 e. The van der Waals surface area contributed by atoms with E-state index in [4.69, 9.17) is 0 Å². The van der Waals surface area contributed by atoms with Gasteiger partial charge in [-0.2, -0.15) is 0 Å². The van der Waals surface area contributed by atoms with Gasteiger partial charge in [-0.25, -0.2) is 0 Å². The van der Waals surface area contributed by atoms with Crippen molar-refractivity contribution in [1.82, 2.24) is 10.2 Å². The summed E-state index contributed by atoms with van der Waals surface area (Å²) in [6.07, 6.45) is 6.84. The van der Waals surface area contributed by atoms with E-state index in [0.29, 0.717) is 11.6 Å². The van der Waals surface area contributed by atoms with Crippen molar-refractivity contribution in [2.45, 2.75) is 64.1 Å². The van der Waals surface area contributed by atoms with Gasteiger partial charge < -0.3 is 5.32 Å². The lowest BCUT2D eigenvalue weighted by molar-refractivity contribution is 0.0638. The molecular weight excluding hydrogens is 344 g/mol. The molecule has 1 aliphatic carbocycles. The molecule has 0 radical (unpaired) electrons. The standard InChI is InChI=1S/C17H27BrN2S/c1-13(2)7-15-9-19-17(5-3-4-6-17)12-20(15)10-16-8-14(18)11-21-16/h8,11,13,15,19H,3-7,9-10,12H2,1-2H3. The zero-order valence-electron chi connectivity index (χ0n) is 13.2. The average molecular weight is 371 g/mol. The van der Waals surface area contributed by atoms with E-state index >= 15 is 0 Å². The lowest BCUT2D eigenvalue weighted by Crippen LogP contribution is -2.62. The molecule has 2 heterocycles. The van der Waals surface area contributed by atoms with Gasteiger partial charge >= 0.3 is 0 Å². The van der Waals surface area contributed by atoms with Crippen molar-refractivity contribution in [3.05, 3.63) is 20.8 Å². The Hall–Kier alpha value is 0.1000. The van der Waals surface area contributed by atoms with Crippen LogP contribution in [-0.4, -0.2) is 29.6 Å². The van der Waals surface area contributed by atoms with Crippen molar-refractivity contribution >= 4 is 27.3 Å². The fourth-order valence-electron chi connectivity index (χ4n) is 4.02. The minimum atomic E-state index is 0.419. The second-order valence-electron chi connectivity index (χ2n) is 7.29. The first-order chi connectivity index (χ1) is 10.1. The van der Waals surface area contributed by atoms with Crippen LogP contribution in [0.2, 0.25) is 0 Å². The SMILES string of the molecule is CC(C)CC1CNC2(CCCC2)CN1Cc1cc(Br)cs1. The number of rotatable bonds is 4. The van der Waals surface area contributed by atoms with Crippen LogP contribution in [0.5, 0.6) is 0 Å². The van der Waals surface area contributed by atoms with Crippen molar-refractivity contribution in [3.8, 4) is 0 Å². The molecule has 1 atom stereocenters. The number of hydrogen-bond donors (Lipinski definition) is 1. The van der Waals surface area contributed by atoms with Crippen molar-refractivity contribution in [2.24, 2.45) is 5.92 Å². The smallest absolute Gasteiger partial charge is 0.0332 e. The highest BCUT2D eigenvalue weighted by Crippen LogP contribution is 2.35. The molecule has 0 bridgehead atoms. The van der Waals surface area contributed by atoms with E-state index in [9.17, 15) is 0 Å². The maximum absolute atomic E-state index is 3.92. The molecule has 2 fully saturated rings. The summed E-state index contributed by atoms with van der Waals surface area (Å²) >= 11 is 5.48. The van der Waals surface area contributed by atoms with Crippen LogP contribution in [0.1, 0.15) is 50.8 Å². The van der Waals surface area contributed by atoms with Gasteiger partial charge in [-0.15, -0.1) is 11.3 Å². The van der Waals surface area contributed by atoms with Crippen LogP contribution in [0.4, 0.5) is 0 Å². The highest BCUT2D eigenvalue weighted by molar-refractivity contribution is 9.10. The molecule has 1 unspecified atom stereocenters. The van der Waals surface area contributed by atoms with Crippen molar-refractivity contribution in [1.29, 1.82) is 0 Å². The zero-order valence-corrected chi connectivity index (χ0v) is 15.6. The van der Waals surface area contributed by atoms with Gasteiger partial charge in [0, 0.05) is 45.9 Å². The Balaban J connectivity index is 1.72. The van der Waals surface area contributed by atoms with Crippen LogP contribution in [0, 0.1) is 5.92 Å². The number of nitrogens with one attached hydrogen (secondary N) is 1. The summed E-state index contributed by atoms with van der Waals surface area (Å²) < 4.78 is 1.23. The van der Waals surface area contributed by atoms with Gasteiger partial charge in [-0.05, 0) is 47.2 Å². The zero-order chi connectivity index (χ0) is 14.9. The molecule has 1 N–H and O–H groups in total. The number of hydrogen-bond acceptors (Lipinski definition) is 3. The molecule has 1 aromatic heterocycles. The van der Waals surface area contributed by atoms with E-state index in [1.54, 1.807) is 0 Å². The second-order valence-corrected chi connectivity index (χ2v) is 9.20. The summed E-state index contributed by atoms with van der Waals surface area (Å²) in [6.45, 7) is 8.22. The lowest BCUT2D eigenvalue weighted by Gasteiger charge is -2.47. The first-order valence-corrected chi connectivity index (χ1v) is 9.96. The summed E-state index contributed by atoms with van der Waals surface area (Å²) in [5.41, 5.74) is 0.419. The summed E-state index contributed by atoms with van der Waals surface area (Å²) in [5.74, 6) is 0.770. The van der Waals surface area contributed by atoms with Crippen molar-refractivity contribution in [3.63, 3.8) is 0 Å². The molecule has 1 aliphatic heterocycles. The van der Waals surface area contributed by atoms with E-state index in [1.807, 2.05) is 11.3 Å². The number of halogens is 1. The van der Waals surface area contributed by atoms with Crippen molar-refractivity contribution in [2.75, 3.05) is 13.1 Å². The van der Waals surface area contributed by atoms with E-state index in [2.05, 4.69) is 51.4 Å². The van der Waals surface area contributed by atoms with Gasteiger partial charge in [0.2, 0.25) is 0 Å². The van der Waals surface area contributed by atoms with Gasteiger partial charge in [0.1, 0.15) is 0 Å². The predicted octanol–water partition coefficient (Wildman–Crippen LogP) is 4.64. The normalized spacial score (nSPS) is 26.0. The van der Waals surface area contributed by atoms with Crippen molar-refractivity contribution < 1.29 is 0 Å². The first-order valence-electron chi connectivity index (χ1n) is 8.28. The molecule has 2 nitrogen and oxygen atoms in total. The Morgan fingerprint density at radius 2 is 2.19 bits per heavy atom. The molecule has 3 rings (SSSR count). The first kappa shape index (κ1) is 16.0. The lowest BCUT2D eigenvalue weighted by atomic mass is 9.90. The van der Waals surface area contributed by atoms with Gasteiger partial charge in [-0.3, -0.25) is 4.90 Å². The summed E-state index contributed by atoms with van der Waals surface area (Å²) in [6, 6.07) is 2.98. The number of piperazine rings is 1. The molecule has 118 valence electrons. The molecule has 4 heteroatoms. The third-order valence-electron chi connectivity index (χ3n) is 5.02. The average Bonchev–Trinajstić information content (AvgIpc) is 3.03. The Morgan fingerprint density at radius 3 is 2.81 bits per heavy atom. The fourth-order valence-corrected chi connectivity index (χ4v) is 5.50. The highest BCUT2D eigenvalue weighted by atomic mass is 79.9. The van der Waals surface area contributed by atoms with Gasteiger partial charge in [-0.1, -0.05) is 26.7 Å². The minimum absolute atomic E-state index is 0.419. The van der Waals surface area contributed by atoms with E-state index in [1.165, 1.54) is 54.5 Å². The predicted molar refractivity (Wildman–Crippen MR) is 94.9 cm³/mol.